The fourth-order valence-corrected chi connectivity index (χ4v) is 2.40. The number of rotatable bonds is 2. The van der Waals surface area contributed by atoms with Crippen molar-refractivity contribution >= 4 is 45.3 Å². The highest BCUT2D eigenvalue weighted by Crippen LogP contribution is 2.25. The van der Waals surface area contributed by atoms with Gasteiger partial charge >= 0.3 is 0 Å². The van der Waals surface area contributed by atoms with Crippen LogP contribution in [0.1, 0.15) is 0 Å². The van der Waals surface area contributed by atoms with E-state index in [-0.39, 0.29) is 0 Å². The molecule has 0 unspecified atom stereocenters. The summed E-state index contributed by atoms with van der Waals surface area (Å²) in [6, 6.07) is 9.77. The Hall–Kier alpha value is -2.73. The lowest BCUT2D eigenvalue weighted by Crippen LogP contribution is -1.99. The second-order valence-corrected chi connectivity index (χ2v) is 4.80. The van der Waals surface area contributed by atoms with Crippen molar-refractivity contribution in [1.82, 2.24) is 24.9 Å². The van der Waals surface area contributed by atoms with Gasteiger partial charge in [0.15, 0.2) is 10.8 Å². The van der Waals surface area contributed by atoms with Gasteiger partial charge in [-0.1, -0.05) is 29.8 Å². The van der Waals surface area contributed by atoms with Gasteiger partial charge in [0.25, 0.3) is 0 Å². The van der Waals surface area contributed by atoms with E-state index in [1.807, 2.05) is 30.3 Å². The fraction of sp³-hybridized carbons (Fsp3) is 0. The average Bonchev–Trinajstić information content (AvgIpc) is 2.97. The van der Waals surface area contributed by atoms with E-state index in [9.17, 15) is 0 Å². The summed E-state index contributed by atoms with van der Waals surface area (Å²) in [5, 5.41) is 4.49. The minimum Gasteiger partial charge on any atom is -0.329 e. The average molecular weight is 297 g/mol. The third-order valence-corrected chi connectivity index (χ3v) is 3.38. The summed E-state index contributed by atoms with van der Waals surface area (Å²) >= 11 is 6.10. The number of para-hydroxylation sites is 1. The summed E-state index contributed by atoms with van der Waals surface area (Å²) in [7, 11) is 0. The Bertz CT molecular complexity index is 943. The quantitative estimate of drug-likeness (QED) is 0.555. The predicted molar refractivity (Wildman–Crippen MR) is 81.7 cm³/mol. The Morgan fingerprint density at radius 1 is 1.00 bits per heavy atom. The lowest BCUT2D eigenvalue weighted by atomic mass is 10.2. The third kappa shape index (κ3) is 2.05. The molecule has 0 aliphatic rings. The van der Waals surface area contributed by atoms with Gasteiger partial charge < -0.3 is 10.3 Å². The van der Waals surface area contributed by atoms with Crippen molar-refractivity contribution in [3.63, 3.8) is 0 Å². The maximum absolute atomic E-state index is 6.10. The van der Waals surface area contributed by atoms with Crippen molar-refractivity contribution in [3.05, 3.63) is 48.0 Å². The molecule has 0 amide bonds. The van der Waals surface area contributed by atoms with Gasteiger partial charge in [-0.25, -0.2) is 4.98 Å². The minimum atomic E-state index is 0.303. The molecular weight excluding hydrogens is 288 g/mol. The summed E-state index contributed by atoms with van der Waals surface area (Å²) in [6.45, 7) is 0. The molecule has 0 bridgehead atoms. The number of aromatic amines is 1. The highest BCUT2D eigenvalue weighted by molar-refractivity contribution is 6.33. The van der Waals surface area contributed by atoms with Crippen LogP contribution in [0.15, 0.2) is 42.9 Å². The fourth-order valence-electron chi connectivity index (χ4n) is 2.18. The zero-order chi connectivity index (χ0) is 14.2. The first-order valence-corrected chi connectivity index (χ1v) is 6.66. The Morgan fingerprint density at radius 2 is 1.90 bits per heavy atom. The number of benzene rings is 1. The standard InChI is InChI=1S/C14H9ClN6/c15-12-11-13(18-7-17-11)21-14(20-12)19-9-5-1-3-8-4-2-6-16-10(8)9/h1-7H,(H2,17,18,19,20,21). The molecule has 3 heterocycles. The number of nitrogens with zero attached hydrogens (tertiary/aromatic N) is 4. The summed E-state index contributed by atoms with van der Waals surface area (Å²) < 4.78 is 0. The SMILES string of the molecule is Clc1nc(Nc2cccc3cccnc23)nc2[nH]cnc12. The number of hydrogen-bond donors (Lipinski definition) is 2. The van der Waals surface area contributed by atoms with Crippen molar-refractivity contribution in [3.8, 4) is 0 Å². The first kappa shape index (κ1) is 12.0. The minimum absolute atomic E-state index is 0.303. The topological polar surface area (TPSA) is 79.4 Å². The normalized spacial score (nSPS) is 11.1. The number of nitrogens with one attached hydrogen (secondary N) is 2. The Morgan fingerprint density at radius 3 is 2.86 bits per heavy atom. The number of halogens is 1. The van der Waals surface area contributed by atoms with Crippen LogP contribution in [0.5, 0.6) is 0 Å². The van der Waals surface area contributed by atoms with Crippen LogP contribution in [0.4, 0.5) is 11.6 Å². The third-order valence-electron chi connectivity index (χ3n) is 3.12. The van der Waals surface area contributed by atoms with Gasteiger partial charge in [0.2, 0.25) is 5.95 Å². The van der Waals surface area contributed by atoms with Gasteiger partial charge in [-0.2, -0.15) is 9.97 Å². The molecule has 21 heavy (non-hydrogen) atoms. The van der Waals surface area contributed by atoms with Crippen LogP contribution in [-0.2, 0) is 0 Å². The van der Waals surface area contributed by atoms with E-state index in [0.29, 0.717) is 22.3 Å². The molecule has 3 aromatic heterocycles. The van der Waals surface area contributed by atoms with Crippen molar-refractivity contribution in [2.45, 2.75) is 0 Å². The summed E-state index contributed by atoms with van der Waals surface area (Å²) in [4.78, 5) is 19.9. The van der Waals surface area contributed by atoms with Crippen molar-refractivity contribution in [2.24, 2.45) is 0 Å². The molecule has 4 aromatic rings. The number of imidazole rings is 1. The molecule has 0 saturated heterocycles. The van der Waals surface area contributed by atoms with Crippen LogP contribution in [0.25, 0.3) is 22.1 Å². The molecule has 1 aromatic carbocycles. The number of hydrogen-bond acceptors (Lipinski definition) is 5. The van der Waals surface area contributed by atoms with Crippen LogP contribution >= 0.6 is 11.6 Å². The summed E-state index contributed by atoms with van der Waals surface area (Å²) in [6.07, 6.45) is 3.29. The van der Waals surface area contributed by atoms with Crippen LogP contribution in [0, 0.1) is 0 Å². The molecule has 102 valence electrons. The van der Waals surface area contributed by atoms with E-state index < -0.39 is 0 Å². The lowest BCUT2D eigenvalue weighted by molar-refractivity contribution is 1.19. The van der Waals surface area contributed by atoms with Gasteiger partial charge in [0.05, 0.1) is 17.5 Å². The smallest absolute Gasteiger partial charge is 0.230 e. The van der Waals surface area contributed by atoms with Crippen LogP contribution in [-0.4, -0.2) is 24.9 Å². The van der Waals surface area contributed by atoms with E-state index in [1.54, 1.807) is 6.20 Å². The second kappa shape index (κ2) is 4.68. The molecule has 6 nitrogen and oxygen atoms in total. The molecule has 7 heteroatoms. The van der Waals surface area contributed by atoms with Gasteiger partial charge in [0.1, 0.15) is 5.52 Å². The first-order chi connectivity index (χ1) is 10.3. The highest BCUT2D eigenvalue weighted by atomic mass is 35.5. The van der Waals surface area contributed by atoms with E-state index in [0.717, 1.165) is 16.6 Å². The zero-order valence-corrected chi connectivity index (χ0v) is 11.5. The van der Waals surface area contributed by atoms with Crippen molar-refractivity contribution in [1.29, 1.82) is 0 Å². The number of aromatic nitrogens is 5. The van der Waals surface area contributed by atoms with Crippen molar-refractivity contribution < 1.29 is 0 Å². The van der Waals surface area contributed by atoms with Crippen LogP contribution < -0.4 is 5.32 Å². The Balaban J connectivity index is 1.82. The van der Waals surface area contributed by atoms with Gasteiger partial charge in [-0.15, -0.1) is 0 Å². The molecule has 2 N–H and O–H groups in total. The van der Waals surface area contributed by atoms with E-state index in [4.69, 9.17) is 11.6 Å². The van der Waals surface area contributed by atoms with E-state index >= 15 is 0 Å². The van der Waals surface area contributed by atoms with Gasteiger partial charge in [-0.05, 0) is 12.1 Å². The predicted octanol–water partition coefficient (Wildman–Crippen LogP) is 3.30. The number of pyridine rings is 1. The van der Waals surface area contributed by atoms with Crippen LogP contribution in [0.3, 0.4) is 0 Å². The number of fused-ring (bicyclic) bond motifs is 2. The van der Waals surface area contributed by atoms with E-state index in [2.05, 4.69) is 30.2 Å². The molecule has 0 aliphatic carbocycles. The lowest BCUT2D eigenvalue weighted by Gasteiger charge is -2.07. The Labute approximate surface area is 124 Å². The molecule has 0 atom stereocenters. The molecule has 0 radical (unpaired) electrons. The monoisotopic (exact) mass is 296 g/mol. The molecule has 0 spiro atoms. The molecular formula is C14H9ClN6. The van der Waals surface area contributed by atoms with Crippen molar-refractivity contribution in [2.75, 3.05) is 5.32 Å². The molecule has 0 aliphatic heterocycles. The summed E-state index contributed by atoms with van der Waals surface area (Å²) in [5.74, 6) is 0.398. The maximum Gasteiger partial charge on any atom is 0.230 e. The first-order valence-electron chi connectivity index (χ1n) is 6.29. The maximum atomic E-state index is 6.10. The van der Waals surface area contributed by atoms with E-state index in [1.165, 1.54) is 6.33 Å². The van der Waals surface area contributed by atoms with Gasteiger partial charge in [-0.3, -0.25) is 4.98 Å². The highest BCUT2D eigenvalue weighted by Gasteiger charge is 2.09. The van der Waals surface area contributed by atoms with Gasteiger partial charge in [0, 0.05) is 11.6 Å². The largest absolute Gasteiger partial charge is 0.329 e. The molecule has 0 saturated carbocycles. The Kier molecular flexibility index (Phi) is 2.68. The molecule has 4 rings (SSSR count). The number of anilines is 2. The molecule has 0 fully saturated rings. The summed E-state index contributed by atoms with van der Waals surface area (Å²) in [5.41, 5.74) is 2.82. The van der Waals surface area contributed by atoms with Crippen LogP contribution in [0.2, 0.25) is 5.15 Å². The second-order valence-electron chi connectivity index (χ2n) is 4.44. The zero-order valence-electron chi connectivity index (χ0n) is 10.7. The number of H-pyrrole nitrogens is 1.